The molecular weight excluding hydrogens is 368 g/mol. The molecule has 1 saturated heterocycles. The summed E-state index contributed by atoms with van der Waals surface area (Å²) in [6.07, 6.45) is 0. The Bertz CT molecular complexity index is 861. The lowest BCUT2D eigenvalue weighted by atomic mass is 10.1. The summed E-state index contributed by atoms with van der Waals surface area (Å²) in [6.45, 7) is 3.78. The highest BCUT2D eigenvalue weighted by Crippen LogP contribution is 2.50. The van der Waals surface area contributed by atoms with Crippen molar-refractivity contribution in [2.24, 2.45) is 10.1 Å². The zero-order chi connectivity index (χ0) is 18.3. The Morgan fingerprint density at radius 3 is 2.73 bits per heavy atom. The fourth-order valence-electron chi connectivity index (χ4n) is 3.06. The molecule has 1 N–H and O–H groups in total. The van der Waals surface area contributed by atoms with Gasteiger partial charge in [-0.05, 0) is 30.9 Å². The topological polar surface area (TPSA) is 55.2 Å². The summed E-state index contributed by atoms with van der Waals surface area (Å²) >= 11 is 3.26. The van der Waals surface area contributed by atoms with Gasteiger partial charge in [0.25, 0.3) is 5.71 Å². The van der Waals surface area contributed by atoms with E-state index < -0.39 is 4.33 Å². The lowest BCUT2D eigenvalue weighted by Gasteiger charge is -2.05. The van der Waals surface area contributed by atoms with E-state index in [2.05, 4.69) is 48.2 Å². The van der Waals surface area contributed by atoms with Gasteiger partial charge in [0.1, 0.15) is 11.8 Å². The Labute approximate surface area is 161 Å². The van der Waals surface area contributed by atoms with Crippen LogP contribution in [0.15, 0.2) is 40.4 Å². The Hall–Kier alpha value is -1.84. The predicted octanol–water partition coefficient (Wildman–Crippen LogP) is 1.42. The summed E-state index contributed by atoms with van der Waals surface area (Å²) in [5.74, 6) is 0. The Balaban J connectivity index is 1.74. The number of aliphatic imine (C=N–C) groups is 1. The van der Waals surface area contributed by atoms with Crippen LogP contribution in [0.4, 0.5) is 0 Å². The molecule has 0 radical (unpaired) electrons. The fraction of sp³-hybridized carbons (Fsp3) is 0.412. The molecule has 0 aromatic heterocycles. The van der Waals surface area contributed by atoms with Gasteiger partial charge in [-0.15, -0.1) is 5.43 Å². The van der Waals surface area contributed by atoms with Crippen molar-refractivity contribution in [3.63, 3.8) is 0 Å². The van der Waals surface area contributed by atoms with Crippen LogP contribution in [0, 0.1) is 0 Å². The number of nitrogens with one attached hydrogen (secondary N) is 1. The summed E-state index contributed by atoms with van der Waals surface area (Å²) in [6, 6.07) is 10.3. The fourth-order valence-corrected chi connectivity index (χ4v) is 5.64. The molecule has 1 spiro atoms. The van der Waals surface area contributed by atoms with Gasteiger partial charge in [-0.25, -0.2) is 0 Å². The molecule has 3 aliphatic heterocycles. The van der Waals surface area contributed by atoms with Crippen molar-refractivity contribution in [3.05, 3.63) is 35.9 Å². The molecule has 4 rings (SSSR count). The van der Waals surface area contributed by atoms with Crippen molar-refractivity contribution in [3.8, 4) is 0 Å². The molecule has 7 nitrogen and oxygen atoms in total. The highest BCUT2D eigenvalue weighted by molar-refractivity contribution is 8.30. The van der Waals surface area contributed by atoms with E-state index in [-0.39, 0.29) is 0 Å². The summed E-state index contributed by atoms with van der Waals surface area (Å²) in [5, 5.41) is 6.28. The average molecular weight is 391 g/mol. The van der Waals surface area contributed by atoms with E-state index in [1.54, 1.807) is 30.6 Å². The van der Waals surface area contributed by atoms with Gasteiger partial charge in [-0.2, -0.15) is 0 Å². The lowest BCUT2D eigenvalue weighted by Crippen LogP contribution is -2.39. The van der Waals surface area contributed by atoms with E-state index in [1.165, 1.54) is 0 Å². The molecule has 0 amide bonds. The first kappa shape index (κ1) is 17.6. The SMILES string of the molecule is COC1=N[N+]2=C(c3ccccc3)C(C)=[N+]3NC(=NCCN(C)C)SC23S1. The number of thioether (sulfide) groups is 2. The molecule has 9 heteroatoms. The largest absolute Gasteiger partial charge is 0.522 e. The molecule has 0 saturated carbocycles. The predicted molar refractivity (Wildman–Crippen MR) is 108 cm³/mol. The minimum Gasteiger partial charge on any atom is -0.472 e. The van der Waals surface area contributed by atoms with E-state index in [9.17, 15) is 0 Å². The van der Waals surface area contributed by atoms with Crippen molar-refractivity contribution in [2.45, 2.75) is 11.3 Å². The maximum Gasteiger partial charge on any atom is 0.522 e. The summed E-state index contributed by atoms with van der Waals surface area (Å²) in [5.41, 5.74) is 6.79. The molecule has 3 heterocycles. The van der Waals surface area contributed by atoms with Gasteiger partial charge in [-0.3, -0.25) is 4.99 Å². The van der Waals surface area contributed by atoms with E-state index >= 15 is 0 Å². The second kappa shape index (κ2) is 6.71. The quantitative estimate of drug-likeness (QED) is 0.788. The van der Waals surface area contributed by atoms with E-state index in [4.69, 9.17) is 14.8 Å². The van der Waals surface area contributed by atoms with Crippen LogP contribution in [0.1, 0.15) is 12.5 Å². The van der Waals surface area contributed by atoms with Gasteiger partial charge in [0.05, 0.1) is 36.1 Å². The first-order valence-corrected chi connectivity index (χ1v) is 10.0. The highest BCUT2D eigenvalue weighted by atomic mass is 32.2. The maximum atomic E-state index is 5.45. The summed E-state index contributed by atoms with van der Waals surface area (Å²) in [7, 11) is 5.77. The third kappa shape index (κ3) is 2.74. The van der Waals surface area contributed by atoms with Gasteiger partial charge in [0, 0.05) is 18.2 Å². The lowest BCUT2D eigenvalue weighted by molar-refractivity contribution is -0.766. The number of amidine groups is 1. The number of ether oxygens (including phenoxy) is 1. The standard InChI is InChI=1S/C17H21N6OS2/c1-12-14(13-8-6-5-7-9-13)23-17(26-16(20-23)24-4)22(12)19-15(25-17)18-10-11-21(2)3/h5-9H,10-11H2,1-4H3/q+1/p+1. The molecule has 1 unspecified atom stereocenters. The van der Waals surface area contributed by atoms with Crippen LogP contribution >= 0.6 is 23.5 Å². The van der Waals surface area contributed by atoms with E-state index in [0.29, 0.717) is 5.23 Å². The molecule has 1 aromatic rings. The molecular formula is C17H22N6OS2+2. The molecule has 0 aliphatic carbocycles. The van der Waals surface area contributed by atoms with Crippen molar-refractivity contribution in [1.82, 2.24) is 10.3 Å². The van der Waals surface area contributed by atoms with Gasteiger partial charge < -0.3 is 9.64 Å². The number of hydrazone groups is 2. The maximum absolute atomic E-state index is 5.45. The zero-order valence-corrected chi connectivity index (χ0v) is 16.9. The van der Waals surface area contributed by atoms with Crippen molar-refractivity contribution in [2.75, 3.05) is 34.3 Å². The Morgan fingerprint density at radius 2 is 2.04 bits per heavy atom. The monoisotopic (exact) mass is 390 g/mol. The minimum absolute atomic E-state index is 0.461. The van der Waals surface area contributed by atoms with Crippen LogP contribution in [0.25, 0.3) is 0 Å². The second-order valence-electron chi connectivity index (χ2n) is 6.37. The number of nitrogens with zero attached hydrogens (tertiary/aromatic N) is 5. The third-order valence-electron chi connectivity index (χ3n) is 4.30. The molecule has 136 valence electrons. The van der Waals surface area contributed by atoms with E-state index in [0.717, 1.165) is 35.2 Å². The first-order chi connectivity index (χ1) is 12.5. The first-order valence-electron chi connectivity index (χ1n) is 8.38. The molecule has 1 fully saturated rings. The van der Waals surface area contributed by atoms with E-state index in [1.807, 2.05) is 22.9 Å². The Morgan fingerprint density at radius 1 is 1.27 bits per heavy atom. The molecule has 1 atom stereocenters. The highest BCUT2D eigenvalue weighted by Gasteiger charge is 2.75. The van der Waals surface area contributed by atoms with Crippen molar-refractivity contribution in [1.29, 1.82) is 0 Å². The zero-order valence-electron chi connectivity index (χ0n) is 15.3. The van der Waals surface area contributed by atoms with Crippen molar-refractivity contribution < 1.29 is 14.1 Å². The smallest absolute Gasteiger partial charge is 0.472 e. The summed E-state index contributed by atoms with van der Waals surface area (Å²) in [4.78, 5) is 6.84. The van der Waals surface area contributed by atoms with Crippen LogP contribution in [-0.2, 0) is 4.74 Å². The number of benzene rings is 1. The van der Waals surface area contributed by atoms with Crippen LogP contribution < -0.4 is 5.43 Å². The van der Waals surface area contributed by atoms with Gasteiger partial charge in [-0.1, -0.05) is 18.2 Å². The number of hydrogen-bond acceptors (Lipinski definition) is 6. The van der Waals surface area contributed by atoms with Gasteiger partial charge in [0.2, 0.25) is 5.17 Å². The molecule has 1 aromatic carbocycles. The van der Waals surface area contributed by atoms with Gasteiger partial charge >= 0.3 is 15.3 Å². The average Bonchev–Trinajstić information content (AvgIpc) is 3.22. The third-order valence-corrected chi connectivity index (χ3v) is 6.88. The number of methoxy groups -OCH3 is 1. The molecule has 26 heavy (non-hydrogen) atoms. The number of hydrogen-bond donors (Lipinski definition) is 1. The van der Waals surface area contributed by atoms with Crippen LogP contribution in [-0.4, -0.2) is 74.7 Å². The number of likely N-dealkylation sites (N-methyl/N-ethyl adjacent to an activating group) is 1. The van der Waals surface area contributed by atoms with Crippen LogP contribution in [0.2, 0.25) is 0 Å². The normalized spacial score (nSPS) is 25.7. The molecule has 0 bridgehead atoms. The number of hydrazine groups is 1. The van der Waals surface area contributed by atoms with Crippen LogP contribution in [0.5, 0.6) is 0 Å². The minimum atomic E-state index is -0.461. The summed E-state index contributed by atoms with van der Waals surface area (Å²) < 4.78 is 9.19. The van der Waals surface area contributed by atoms with Crippen molar-refractivity contribution >= 4 is 45.3 Å². The number of rotatable bonds is 4. The molecule has 3 aliphatic rings. The second-order valence-corrected chi connectivity index (χ2v) is 8.91. The van der Waals surface area contributed by atoms with Crippen LogP contribution in [0.3, 0.4) is 0 Å². The van der Waals surface area contributed by atoms with Gasteiger partial charge in [0.15, 0.2) is 0 Å². The Kier molecular flexibility index (Phi) is 4.54.